The van der Waals surface area contributed by atoms with Crippen LogP contribution in [0.2, 0.25) is 0 Å². The zero-order valence-corrected chi connectivity index (χ0v) is 18.5. The fourth-order valence-corrected chi connectivity index (χ4v) is 3.28. The van der Waals surface area contributed by atoms with Crippen molar-refractivity contribution in [1.29, 1.82) is 0 Å². The van der Waals surface area contributed by atoms with Gasteiger partial charge in [0.25, 0.3) is 0 Å². The molecule has 0 aliphatic rings. The maximum absolute atomic E-state index is 6.63. The molecule has 0 saturated carbocycles. The molecule has 3 aromatic carbocycles. The molecule has 0 spiro atoms. The van der Waals surface area contributed by atoms with Crippen LogP contribution >= 0.6 is 0 Å². The molecule has 0 unspecified atom stereocenters. The van der Waals surface area contributed by atoms with E-state index in [0.29, 0.717) is 0 Å². The zero-order valence-electron chi connectivity index (χ0n) is 18.5. The van der Waals surface area contributed by atoms with Crippen LogP contribution in [0.4, 0.5) is 0 Å². The van der Waals surface area contributed by atoms with E-state index >= 15 is 0 Å². The van der Waals surface area contributed by atoms with Crippen LogP contribution in [0.25, 0.3) is 21.5 Å². The van der Waals surface area contributed by atoms with Gasteiger partial charge >= 0.3 is 0 Å². The highest BCUT2D eigenvalue weighted by Gasteiger charge is 2.25. The minimum Gasteiger partial charge on any atom is -0.487 e. The highest BCUT2D eigenvalue weighted by atomic mass is 16.5. The number of ether oxygens (including phenoxy) is 2. The van der Waals surface area contributed by atoms with Crippen molar-refractivity contribution in [2.24, 2.45) is 0 Å². The van der Waals surface area contributed by atoms with Gasteiger partial charge in [0.15, 0.2) is 0 Å². The number of benzene rings is 3. The Hall–Kier alpha value is -2.22. The van der Waals surface area contributed by atoms with Crippen molar-refractivity contribution in [3.63, 3.8) is 0 Å². The van der Waals surface area contributed by atoms with Gasteiger partial charge in [-0.25, -0.2) is 0 Å². The van der Waals surface area contributed by atoms with Gasteiger partial charge < -0.3 is 9.47 Å². The number of fused-ring (bicyclic) bond motifs is 2. The molecule has 3 rings (SSSR count). The average Bonchev–Trinajstić information content (AvgIpc) is 2.69. The Labute approximate surface area is 169 Å². The summed E-state index contributed by atoms with van der Waals surface area (Å²) in [5, 5.41) is 4.50. The molecule has 0 aliphatic carbocycles. The minimum absolute atomic E-state index is 0.232. The van der Waals surface area contributed by atoms with Crippen molar-refractivity contribution in [3.05, 3.63) is 48.0 Å². The van der Waals surface area contributed by atoms with E-state index in [-0.39, 0.29) is 11.2 Å². The van der Waals surface area contributed by atoms with Crippen molar-refractivity contribution < 1.29 is 9.47 Å². The van der Waals surface area contributed by atoms with Gasteiger partial charge in [0.1, 0.15) is 22.7 Å². The third-order valence-electron chi connectivity index (χ3n) is 5.86. The normalized spacial score (nSPS) is 12.5. The molecule has 150 valence electrons. The van der Waals surface area contributed by atoms with Crippen molar-refractivity contribution in [3.8, 4) is 11.5 Å². The predicted molar refractivity (Wildman–Crippen MR) is 121 cm³/mol. The highest BCUT2D eigenvalue weighted by molar-refractivity contribution is 6.11. The van der Waals surface area contributed by atoms with Crippen LogP contribution in [0.15, 0.2) is 42.5 Å². The Bertz CT molecular complexity index is 983. The van der Waals surface area contributed by atoms with Crippen LogP contribution in [0.1, 0.15) is 66.9 Å². The second-order valence-electron chi connectivity index (χ2n) is 8.87. The van der Waals surface area contributed by atoms with E-state index in [2.05, 4.69) is 90.9 Å². The van der Waals surface area contributed by atoms with Gasteiger partial charge in [-0.15, -0.1) is 0 Å². The van der Waals surface area contributed by atoms with E-state index in [1.54, 1.807) is 0 Å². The molecule has 0 aliphatic heterocycles. The van der Waals surface area contributed by atoms with Crippen molar-refractivity contribution in [1.82, 2.24) is 0 Å². The van der Waals surface area contributed by atoms with Crippen molar-refractivity contribution in [2.75, 3.05) is 0 Å². The van der Waals surface area contributed by atoms with E-state index < -0.39 is 0 Å². The van der Waals surface area contributed by atoms with Crippen LogP contribution in [-0.2, 0) is 6.42 Å². The van der Waals surface area contributed by atoms with Crippen LogP contribution in [0.3, 0.4) is 0 Å². The lowest BCUT2D eigenvalue weighted by atomic mass is 9.96. The summed E-state index contributed by atoms with van der Waals surface area (Å²) >= 11 is 0. The van der Waals surface area contributed by atoms with Gasteiger partial charge in [0, 0.05) is 21.5 Å². The Balaban J connectivity index is 2.40. The lowest BCUT2D eigenvalue weighted by molar-refractivity contribution is 0.106. The first-order chi connectivity index (χ1) is 13.2. The summed E-state index contributed by atoms with van der Waals surface area (Å²) in [5.41, 5.74) is 0.843. The maximum Gasteiger partial charge on any atom is 0.136 e. The first-order valence-electron chi connectivity index (χ1n) is 10.6. The monoisotopic (exact) mass is 378 g/mol. The molecule has 0 bridgehead atoms. The standard InChI is InChI=1S/C26H34O2/c1-8-18-15-16-21-22(17-18)24(28-26(6,7)10-3)20-14-12-11-13-19(20)23(21)27-25(4,5)9-2/h11-17H,8-10H2,1-7H3. The zero-order chi connectivity index (χ0) is 20.5. The molecule has 0 aromatic heterocycles. The van der Waals surface area contributed by atoms with E-state index in [1.165, 1.54) is 5.56 Å². The second kappa shape index (κ2) is 7.66. The predicted octanol–water partition coefficient (Wildman–Crippen LogP) is 7.69. The smallest absolute Gasteiger partial charge is 0.136 e. The molecule has 0 heterocycles. The molecule has 0 saturated heterocycles. The van der Waals surface area contributed by atoms with E-state index in [1.807, 2.05) is 0 Å². The van der Waals surface area contributed by atoms with Crippen molar-refractivity contribution in [2.45, 2.75) is 78.9 Å². The maximum atomic E-state index is 6.63. The summed E-state index contributed by atoms with van der Waals surface area (Å²) in [6, 6.07) is 15.1. The minimum atomic E-state index is -0.233. The molecule has 0 N–H and O–H groups in total. The lowest BCUT2D eigenvalue weighted by Gasteiger charge is -2.30. The quantitative estimate of drug-likeness (QED) is 0.392. The third kappa shape index (κ3) is 3.97. The van der Waals surface area contributed by atoms with Gasteiger partial charge in [-0.05, 0) is 58.6 Å². The fraction of sp³-hybridized carbons (Fsp3) is 0.462. The second-order valence-corrected chi connectivity index (χ2v) is 8.87. The molecular weight excluding hydrogens is 344 g/mol. The topological polar surface area (TPSA) is 18.5 Å². The van der Waals surface area contributed by atoms with Crippen LogP contribution < -0.4 is 9.47 Å². The SMILES string of the molecule is CCc1ccc2c(OC(C)(C)CC)c3ccccc3c(OC(C)(C)CC)c2c1. The van der Waals surface area contributed by atoms with Crippen molar-refractivity contribution >= 4 is 21.5 Å². The van der Waals surface area contributed by atoms with Crippen LogP contribution in [0, 0.1) is 0 Å². The average molecular weight is 379 g/mol. The summed E-state index contributed by atoms with van der Waals surface area (Å²) in [6.45, 7) is 15.1. The summed E-state index contributed by atoms with van der Waals surface area (Å²) in [5.74, 6) is 1.93. The van der Waals surface area contributed by atoms with Crippen LogP contribution in [0.5, 0.6) is 11.5 Å². The Morgan fingerprint density at radius 2 is 1.11 bits per heavy atom. The molecule has 28 heavy (non-hydrogen) atoms. The third-order valence-corrected chi connectivity index (χ3v) is 5.86. The van der Waals surface area contributed by atoms with Gasteiger partial charge in [-0.1, -0.05) is 57.2 Å². The van der Waals surface area contributed by atoms with Crippen LogP contribution in [-0.4, -0.2) is 11.2 Å². The number of hydrogen-bond donors (Lipinski definition) is 0. The number of aryl methyl sites for hydroxylation is 1. The van der Waals surface area contributed by atoms with Gasteiger partial charge in [0.2, 0.25) is 0 Å². The lowest BCUT2D eigenvalue weighted by Crippen LogP contribution is -2.28. The summed E-state index contributed by atoms with van der Waals surface area (Å²) in [4.78, 5) is 0. The molecule has 2 heteroatoms. The summed E-state index contributed by atoms with van der Waals surface area (Å²) < 4.78 is 13.2. The van der Waals surface area contributed by atoms with E-state index in [9.17, 15) is 0 Å². The molecule has 0 fully saturated rings. The number of hydrogen-bond acceptors (Lipinski definition) is 2. The molecule has 2 nitrogen and oxygen atoms in total. The Morgan fingerprint density at radius 3 is 1.57 bits per heavy atom. The van der Waals surface area contributed by atoms with E-state index in [0.717, 1.165) is 52.3 Å². The Kier molecular flexibility index (Phi) is 5.61. The molecule has 0 amide bonds. The first kappa shape index (κ1) is 20.5. The molecule has 3 aromatic rings. The summed E-state index contributed by atoms with van der Waals surface area (Å²) in [6.07, 6.45) is 2.88. The Morgan fingerprint density at radius 1 is 0.643 bits per heavy atom. The highest BCUT2D eigenvalue weighted by Crippen LogP contribution is 2.45. The first-order valence-corrected chi connectivity index (χ1v) is 10.6. The molecular formula is C26H34O2. The van der Waals surface area contributed by atoms with Gasteiger partial charge in [0.05, 0.1) is 0 Å². The number of rotatable bonds is 7. The summed E-state index contributed by atoms with van der Waals surface area (Å²) in [7, 11) is 0. The van der Waals surface area contributed by atoms with E-state index in [4.69, 9.17) is 9.47 Å². The van der Waals surface area contributed by atoms with Gasteiger partial charge in [-0.3, -0.25) is 0 Å². The molecule has 0 atom stereocenters. The molecule has 0 radical (unpaired) electrons. The fourth-order valence-electron chi connectivity index (χ4n) is 3.28. The largest absolute Gasteiger partial charge is 0.487 e. The van der Waals surface area contributed by atoms with Gasteiger partial charge in [-0.2, -0.15) is 0 Å².